The predicted molar refractivity (Wildman–Crippen MR) is 70.8 cm³/mol. The first-order valence-electron chi connectivity index (χ1n) is 6.76. The Hall–Kier alpha value is -1.40. The quantitative estimate of drug-likeness (QED) is 0.467. The molecule has 0 aromatic carbocycles. The number of hydrogen-bond donors (Lipinski definition) is 3. The zero-order valence-corrected chi connectivity index (χ0v) is 11.6. The first-order chi connectivity index (χ1) is 9.49. The molecule has 1 aliphatic carbocycles. The average molecular weight is 286 g/mol. The van der Waals surface area contributed by atoms with Crippen molar-refractivity contribution in [3.8, 4) is 0 Å². The van der Waals surface area contributed by atoms with Crippen molar-refractivity contribution in [2.75, 3.05) is 19.8 Å². The number of ether oxygens (including phenoxy) is 1. The largest absolute Gasteiger partial charge is 0.481 e. The van der Waals surface area contributed by atoms with Gasteiger partial charge >= 0.3 is 11.9 Å². The van der Waals surface area contributed by atoms with Crippen LogP contribution in [0.4, 0.5) is 0 Å². The molecular formula is C14H22O6. The number of carbonyl (C=O) groups is 2. The minimum absolute atomic E-state index is 0.109. The Bertz CT molecular complexity index is 364. The number of carboxylic acids is 1. The highest BCUT2D eigenvalue weighted by molar-refractivity contribution is 5.81. The van der Waals surface area contributed by atoms with Crippen LogP contribution in [0.1, 0.15) is 26.2 Å². The lowest BCUT2D eigenvalue weighted by atomic mass is 9.83. The van der Waals surface area contributed by atoms with Crippen molar-refractivity contribution < 1.29 is 29.6 Å². The second-order valence-corrected chi connectivity index (χ2v) is 5.27. The van der Waals surface area contributed by atoms with Crippen molar-refractivity contribution in [1.82, 2.24) is 0 Å². The number of aliphatic hydroxyl groups is 2. The van der Waals surface area contributed by atoms with Gasteiger partial charge < -0.3 is 20.1 Å². The molecule has 2 unspecified atom stereocenters. The van der Waals surface area contributed by atoms with Crippen LogP contribution in [0.15, 0.2) is 12.2 Å². The SMILES string of the molecule is CCC(CO)(CO)COC(=O)C1CC=CCC1C(=O)O. The fourth-order valence-corrected chi connectivity index (χ4v) is 2.15. The molecule has 1 rings (SSSR count). The van der Waals surface area contributed by atoms with Crippen LogP contribution in [0.3, 0.4) is 0 Å². The number of carbonyl (C=O) groups excluding carboxylic acids is 1. The average Bonchev–Trinajstić information content (AvgIpc) is 2.49. The number of esters is 1. The van der Waals surface area contributed by atoms with E-state index < -0.39 is 29.2 Å². The van der Waals surface area contributed by atoms with Crippen LogP contribution in [-0.4, -0.2) is 47.1 Å². The molecule has 114 valence electrons. The van der Waals surface area contributed by atoms with Gasteiger partial charge in [-0.25, -0.2) is 0 Å². The van der Waals surface area contributed by atoms with E-state index >= 15 is 0 Å². The minimum atomic E-state index is -1.01. The standard InChI is InChI=1S/C14H22O6/c1-2-14(7-15,8-16)9-20-13(19)11-6-4-3-5-10(11)12(17)18/h3-4,10-11,15-16H,2,5-9H2,1H3,(H,17,18). The van der Waals surface area contributed by atoms with Gasteiger partial charge in [-0.05, 0) is 19.3 Å². The summed E-state index contributed by atoms with van der Waals surface area (Å²) in [5.41, 5.74) is -0.862. The molecule has 3 N–H and O–H groups in total. The second-order valence-electron chi connectivity index (χ2n) is 5.27. The summed E-state index contributed by atoms with van der Waals surface area (Å²) in [6.45, 7) is 1.09. The monoisotopic (exact) mass is 286 g/mol. The number of aliphatic hydroxyl groups excluding tert-OH is 2. The molecule has 0 saturated carbocycles. The van der Waals surface area contributed by atoms with E-state index in [1.165, 1.54) is 0 Å². The van der Waals surface area contributed by atoms with Crippen molar-refractivity contribution in [2.24, 2.45) is 17.3 Å². The number of aliphatic carboxylic acids is 1. The summed E-state index contributed by atoms with van der Waals surface area (Å²) >= 11 is 0. The Balaban J connectivity index is 2.65. The second kappa shape index (κ2) is 7.40. The first kappa shape index (κ1) is 16.7. The molecule has 0 saturated heterocycles. The Labute approximate surface area is 118 Å². The van der Waals surface area contributed by atoms with Gasteiger partial charge in [-0.15, -0.1) is 0 Å². The smallest absolute Gasteiger partial charge is 0.310 e. The van der Waals surface area contributed by atoms with Crippen molar-refractivity contribution in [1.29, 1.82) is 0 Å². The third-order valence-electron chi connectivity index (χ3n) is 3.99. The predicted octanol–water partition coefficient (Wildman–Crippen LogP) is 0.578. The summed E-state index contributed by atoms with van der Waals surface area (Å²) < 4.78 is 5.14. The van der Waals surface area contributed by atoms with Crippen molar-refractivity contribution in [2.45, 2.75) is 26.2 Å². The minimum Gasteiger partial charge on any atom is -0.481 e. The van der Waals surface area contributed by atoms with Crippen LogP contribution >= 0.6 is 0 Å². The van der Waals surface area contributed by atoms with E-state index in [4.69, 9.17) is 9.84 Å². The van der Waals surface area contributed by atoms with Crippen LogP contribution < -0.4 is 0 Å². The van der Waals surface area contributed by atoms with Crippen LogP contribution in [0.25, 0.3) is 0 Å². The maximum atomic E-state index is 12.0. The van der Waals surface area contributed by atoms with Gasteiger partial charge in [-0.3, -0.25) is 9.59 Å². The molecular weight excluding hydrogens is 264 g/mol. The third kappa shape index (κ3) is 3.80. The topological polar surface area (TPSA) is 104 Å². The Kier molecular flexibility index (Phi) is 6.16. The van der Waals surface area contributed by atoms with Crippen molar-refractivity contribution >= 4 is 11.9 Å². The van der Waals surface area contributed by atoms with E-state index in [1.54, 1.807) is 19.1 Å². The van der Waals surface area contributed by atoms with Gasteiger partial charge in [0.1, 0.15) is 6.61 Å². The Morgan fingerprint density at radius 2 is 1.75 bits per heavy atom. The van der Waals surface area contributed by atoms with E-state index in [9.17, 15) is 19.8 Å². The lowest BCUT2D eigenvalue weighted by molar-refractivity contribution is -0.162. The number of rotatable bonds is 7. The Morgan fingerprint density at radius 3 is 2.20 bits per heavy atom. The van der Waals surface area contributed by atoms with Gasteiger partial charge in [0, 0.05) is 0 Å². The zero-order valence-electron chi connectivity index (χ0n) is 11.6. The van der Waals surface area contributed by atoms with Crippen molar-refractivity contribution in [3.05, 3.63) is 12.2 Å². The van der Waals surface area contributed by atoms with Gasteiger partial charge in [0.15, 0.2) is 0 Å². The van der Waals surface area contributed by atoms with Gasteiger partial charge in [-0.2, -0.15) is 0 Å². The molecule has 0 amide bonds. The molecule has 0 fully saturated rings. The summed E-state index contributed by atoms with van der Waals surface area (Å²) in [6.07, 6.45) is 4.64. The van der Waals surface area contributed by atoms with Crippen molar-refractivity contribution in [3.63, 3.8) is 0 Å². The highest BCUT2D eigenvalue weighted by atomic mass is 16.5. The van der Waals surface area contributed by atoms with Gasteiger partial charge in [0.2, 0.25) is 0 Å². The van der Waals surface area contributed by atoms with Gasteiger partial charge in [-0.1, -0.05) is 19.1 Å². The van der Waals surface area contributed by atoms with Crippen LogP contribution in [0.2, 0.25) is 0 Å². The first-order valence-corrected chi connectivity index (χ1v) is 6.76. The molecule has 0 radical (unpaired) electrons. The van der Waals surface area contributed by atoms with Crippen LogP contribution in [0.5, 0.6) is 0 Å². The third-order valence-corrected chi connectivity index (χ3v) is 3.99. The van der Waals surface area contributed by atoms with Gasteiger partial charge in [0.05, 0.1) is 30.5 Å². The summed E-state index contributed by atoms with van der Waals surface area (Å²) in [7, 11) is 0. The summed E-state index contributed by atoms with van der Waals surface area (Å²) in [6, 6.07) is 0. The molecule has 0 aromatic heterocycles. The summed E-state index contributed by atoms with van der Waals surface area (Å²) in [5.74, 6) is -3.07. The molecule has 2 atom stereocenters. The molecule has 0 bridgehead atoms. The van der Waals surface area contributed by atoms with E-state index in [0.29, 0.717) is 19.3 Å². The lowest BCUT2D eigenvalue weighted by Gasteiger charge is -2.29. The molecule has 0 aromatic rings. The van der Waals surface area contributed by atoms with E-state index in [0.717, 1.165) is 0 Å². The highest BCUT2D eigenvalue weighted by Crippen LogP contribution is 2.28. The zero-order chi connectivity index (χ0) is 15.2. The van der Waals surface area contributed by atoms with Crippen LogP contribution in [-0.2, 0) is 14.3 Å². The molecule has 6 nitrogen and oxygen atoms in total. The van der Waals surface area contributed by atoms with E-state index in [1.807, 2.05) is 0 Å². The number of carboxylic acid groups (broad SMARTS) is 1. The fraction of sp³-hybridized carbons (Fsp3) is 0.714. The summed E-state index contributed by atoms with van der Waals surface area (Å²) in [4.78, 5) is 23.1. The molecule has 20 heavy (non-hydrogen) atoms. The molecule has 6 heteroatoms. The highest BCUT2D eigenvalue weighted by Gasteiger charge is 2.37. The number of hydrogen-bond acceptors (Lipinski definition) is 5. The molecule has 1 aliphatic rings. The Morgan fingerprint density at radius 1 is 1.20 bits per heavy atom. The van der Waals surface area contributed by atoms with Gasteiger partial charge in [0.25, 0.3) is 0 Å². The number of allylic oxidation sites excluding steroid dienone is 2. The maximum Gasteiger partial charge on any atom is 0.310 e. The normalized spacial score (nSPS) is 22.6. The molecule has 0 heterocycles. The maximum absolute atomic E-state index is 12.0. The molecule has 0 spiro atoms. The summed E-state index contributed by atoms with van der Waals surface area (Å²) in [5, 5.41) is 27.7. The van der Waals surface area contributed by atoms with Crippen LogP contribution in [0, 0.1) is 17.3 Å². The fourth-order valence-electron chi connectivity index (χ4n) is 2.15. The molecule has 0 aliphatic heterocycles. The van der Waals surface area contributed by atoms with E-state index in [-0.39, 0.29) is 19.8 Å². The lowest BCUT2D eigenvalue weighted by Crippen LogP contribution is -2.38. The van der Waals surface area contributed by atoms with E-state index in [2.05, 4.69) is 0 Å².